The summed E-state index contributed by atoms with van der Waals surface area (Å²) in [5.74, 6) is 0.775. The highest BCUT2D eigenvalue weighted by Crippen LogP contribution is 2.13. The van der Waals surface area contributed by atoms with E-state index < -0.39 is 0 Å². The van der Waals surface area contributed by atoms with Crippen LogP contribution in [0.2, 0.25) is 0 Å². The molecule has 1 atom stereocenters. The molecule has 1 aromatic rings. The van der Waals surface area contributed by atoms with Gasteiger partial charge in [-0.25, -0.2) is 4.98 Å². The highest BCUT2D eigenvalue weighted by Gasteiger charge is 2.20. The molecule has 1 saturated heterocycles. The number of hydrogen-bond donors (Lipinski definition) is 1. The molecule has 0 saturated carbocycles. The molecule has 2 rings (SSSR count). The van der Waals surface area contributed by atoms with Crippen molar-refractivity contribution >= 4 is 11.3 Å². The SMILES string of the molecule is CC(C)CC1CN(Cc2nccs2)CCN1. The van der Waals surface area contributed by atoms with Gasteiger partial charge >= 0.3 is 0 Å². The minimum atomic E-state index is 0.661. The molecule has 0 spiro atoms. The lowest BCUT2D eigenvalue weighted by atomic mass is 10.0. The molecule has 1 aromatic heterocycles. The van der Waals surface area contributed by atoms with Gasteiger partial charge in [0.15, 0.2) is 0 Å². The molecule has 0 amide bonds. The van der Waals surface area contributed by atoms with Crippen molar-refractivity contribution in [2.45, 2.75) is 32.9 Å². The largest absolute Gasteiger partial charge is 0.311 e. The highest BCUT2D eigenvalue weighted by molar-refractivity contribution is 7.09. The van der Waals surface area contributed by atoms with Crippen LogP contribution in [0, 0.1) is 5.92 Å². The fraction of sp³-hybridized carbons (Fsp3) is 0.750. The molecular formula is C12H21N3S. The molecule has 16 heavy (non-hydrogen) atoms. The Morgan fingerprint density at radius 2 is 2.50 bits per heavy atom. The van der Waals surface area contributed by atoms with E-state index in [1.807, 2.05) is 6.20 Å². The molecule has 1 aliphatic rings. The van der Waals surface area contributed by atoms with E-state index in [1.54, 1.807) is 11.3 Å². The summed E-state index contributed by atoms with van der Waals surface area (Å²) < 4.78 is 0. The Kier molecular flexibility index (Phi) is 4.32. The summed E-state index contributed by atoms with van der Waals surface area (Å²) in [6, 6.07) is 0.661. The molecule has 4 heteroatoms. The number of nitrogens with one attached hydrogen (secondary N) is 1. The van der Waals surface area contributed by atoms with E-state index in [0.29, 0.717) is 6.04 Å². The highest BCUT2D eigenvalue weighted by atomic mass is 32.1. The Bertz CT molecular complexity index is 297. The molecule has 1 unspecified atom stereocenters. The average Bonchev–Trinajstić information content (AvgIpc) is 2.70. The maximum absolute atomic E-state index is 4.35. The predicted octanol–water partition coefficient (Wildman–Crippen LogP) is 1.96. The Morgan fingerprint density at radius 3 is 3.19 bits per heavy atom. The van der Waals surface area contributed by atoms with Gasteiger partial charge < -0.3 is 5.32 Å². The summed E-state index contributed by atoms with van der Waals surface area (Å²) in [4.78, 5) is 6.87. The normalized spacial score (nSPS) is 22.8. The minimum absolute atomic E-state index is 0.661. The Balaban J connectivity index is 1.82. The Labute approximate surface area is 102 Å². The Morgan fingerprint density at radius 1 is 1.62 bits per heavy atom. The first-order valence-corrected chi connectivity index (χ1v) is 6.96. The van der Waals surface area contributed by atoms with Gasteiger partial charge in [0.05, 0.1) is 6.54 Å². The Hall–Kier alpha value is -0.450. The van der Waals surface area contributed by atoms with Crippen molar-refractivity contribution in [2.75, 3.05) is 19.6 Å². The van der Waals surface area contributed by atoms with Crippen LogP contribution in [-0.2, 0) is 6.54 Å². The fourth-order valence-corrected chi connectivity index (χ4v) is 2.94. The van der Waals surface area contributed by atoms with Crippen molar-refractivity contribution < 1.29 is 0 Å². The number of rotatable bonds is 4. The van der Waals surface area contributed by atoms with E-state index in [-0.39, 0.29) is 0 Å². The van der Waals surface area contributed by atoms with Gasteiger partial charge in [0.2, 0.25) is 0 Å². The third-order valence-corrected chi connectivity index (χ3v) is 3.70. The van der Waals surface area contributed by atoms with Crippen LogP contribution in [0.15, 0.2) is 11.6 Å². The molecule has 0 aromatic carbocycles. The second-order valence-corrected chi connectivity index (χ2v) is 5.92. The van der Waals surface area contributed by atoms with Crippen LogP contribution in [0.5, 0.6) is 0 Å². The molecule has 0 radical (unpaired) electrons. The van der Waals surface area contributed by atoms with Crippen LogP contribution < -0.4 is 5.32 Å². The second kappa shape index (κ2) is 5.75. The van der Waals surface area contributed by atoms with Crippen LogP contribution in [0.25, 0.3) is 0 Å². The van der Waals surface area contributed by atoms with Crippen LogP contribution in [0.3, 0.4) is 0 Å². The van der Waals surface area contributed by atoms with Gasteiger partial charge in [0.1, 0.15) is 5.01 Å². The standard InChI is InChI=1S/C12H21N3S/c1-10(2)7-11-8-15(5-3-13-11)9-12-14-4-6-16-12/h4,6,10-11,13H,3,5,7-9H2,1-2H3. The first kappa shape index (κ1) is 12.0. The van der Waals surface area contributed by atoms with E-state index in [9.17, 15) is 0 Å². The second-order valence-electron chi connectivity index (χ2n) is 4.94. The van der Waals surface area contributed by atoms with Gasteiger partial charge in [-0.2, -0.15) is 0 Å². The molecule has 0 aliphatic carbocycles. The third-order valence-electron chi connectivity index (χ3n) is 2.94. The molecule has 1 fully saturated rings. The van der Waals surface area contributed by atoms with E-state index in [2.05, 4.69) is 34.4 Å². The lowest BCUT2D eigenvalue weighted by Gasteiger charge is -2.34. The summed E-state index contributed by atoms with van der Waals surface area (Å²) in [6.45, 7) is 9.03. The zero-order chi connectivity index (χ0) is 11.4. The van der Waals surface area contributed by atoms with Gasteiger partial charge in [-0.05, 0) is 12.3 Å². The van der Waals surface area contributed by atoms with Crippen LogP contribution in [0.1, 0.15) is 25.3 Å². The average molecular weight is 239 g/mol. The van der Waals surface area contributed by atoms with Gasteiger partial charge in [-0.15, -0.1) is 11.3 Å². The maximum Gasteiger partial charge on any atom is 0.107 e. The number of hydrogen-bond acceptors (Lipinski definition) is 4. The van der Waals surface area contributed by atoms with Crippen molar-refractivity contribution in [3.8, 4) is 0 Å². The number of piperazine rings is 1. The van der Waals surface area contributed by atoms with Crippen molar-refractivity contribution in [2.24, 2.45) is 5.92 Å². The lowest BCUT2D eigenvalue weighted by Crippen LogP contribution is -2.50. The summed E-state index contributed by atoms with van der Waals surface area (Å²) in [7, 11) is 0. The van der Waals surface area contributed by atoms with Crippen LogP contribution in [-0.4, -0.2) is 35.6 Å². The van der Waals surface area contributed by atoms with E-state index in [4.69, 9.17) is 0 Å². The van der Waals surface area contributed by atoms with Crippen LogP contribution >= 0.6 is 11.3 Å². The third kappa shape index (κ3) is 3.54. The smallest absolute Gasteiger partial charge is 0.107 e. The molecule has 1 aliphatic heterocycles. The van der Waals surface area contributed by atoms with E-state index in [1.165, 1.54) is 11.4 Å². The van der Waals surface area contributed by atoms with Crippen molar-refractivity contribution in [3.05, 3.63) is 16.6 Å². The summed E-state index contributed by atoms with van der Waals surface area (Å²) in [5.41, 5.74) is 0. The maximum atomic E-state index is 4.35. The quantitative estimate of drug-likeness (QED) is 0.870. The first-order valence-electron chi connectivity index (χ1n) is 6.08. The first-order chi connectivity index (χ1) is 7.74. The molecule has 0 bridgehead atoms. The lowest BCUT2D eigenvalue weighted by molar-refractivity contribution is 0.179. The zero-order valence-electron chi connectivity index (χ0n) is 10.1. The zero-order valence-corrected chi connectivity index (χ0v) is 11.0. The molecule has 1 N–H and O–H groups in total. The fourth-order valence-electron chi connectivity index (χ4n) is 2.29. The molecule has 3 nitrogen and oxygen atoms in total. The summed E-state index contributed by atoms with van der Waals surface area (Å²) in [5, 5.41) is 6.90. The van der Waals surface area contributed by atoms with E-state index >= 15 is 0 Å². The van der Waals surface area contributed by atoms with Crippen LogP contribution in [0.4, 0.5) is 0 Å². The van der Waals surface area contributed by atoms with E-state index in [0.717, 1.165) is 32.1 Å². The summed E-state index contributed by atoms with van der Waals surface area (Å²) >= 11 is 1.76. The molecular weight excluding hydrogens is 218 g/mol. The van der Waals surface area contributed by atoms with Gasteiger partial charge in [-0.3, -0.25) is 4.90 Å². The van der Waals surface area contributed by atoms with Gasteiger partial charge in [0, 0.05) is 37.3 Å². The minimum Gasteiger partial charge on any atom is -0.311 e. The topological polar surface area (TPSA) is 28.2 Å². The number of aromatic nitrogens is 1. The van der Waals surface area contributed by atoms with Crippen molar-refractivity contribution in [3.63, 3.8) is 0 Å². The number of thiazole rings is 1. The monoisotopic (exact) mass is 239 g/mol. The van der Waals surface area contributed by atoms with Gasteiger partial charge in [-0.1, -0.05) is 13.8 Å². The van der Waals surface area contributed by atoms with Crippen molar-refractivity contribution in [1.29, 1.82) is 0 Å². The molecule has 2 heterocycles. The van der Waals surface area contributed by atoms with Crippen molar-refractivity contribution in [1.82, 2.24) is 15.2 Å². The number of nitrogens with zero attached hydrogens (tertiary/aromatic N) is 2. The molecule has 90 valence electrons. The predicted molar refractivity (Wildman–Crippen MR) is 68.6 cm³/mol. The van der Waals surface area contributed by atoms with Gasteiger partial charge in [0.25, 0.3) is 0 Å². The summed E-state index contributed by atoms with van der Waals surface area (Å²) in [6.07, 6.45) is 3.17.